The van der Waals surface area contributed by atoms with Gasteiger partial charge in [0.25, 0.3) is 5.91 Å². The molecular weight excluding hydrogens is 487 g/mol. The summed E-state index contributed by atoms with van der Waals surface area (Å²) >= 11 is 0. The molecule has 1 aliphatic rings. The van der Waals surface area contributed by atoms with Crippen LogP contribution in [0.5, 0.6) is 0 Å². The molecule has 1 fully saturated rings. The fourth-order valence-corrected chi connectivity index (χ4v) is 4.12. The Bertz CT molecular complexity index is 1420. The fraction of sp³-hybridized carbons (Fsp3) is 0.333. The molecule has 0 spiro atoms. The van der Waals surface area contributed by atoms with Crippen molar-refractivity contribution >= 4 is 28.7 Å². The van der Waals surface area contributed by atoms with E-state index < -0.39 is 47.2 Å². The van der Waals surface area contributed by atoms with Crippen LogP contribution in [0.25, 0.3) is 16.7 Å². The number of amides is 2. The highest BCUT2D eigenvalue weighted by molar-refractivity contribution is 5.99. The quantitative estimate of drug-likeness (QED) is 0.526. The van der Waals surface area contributed by atoms with Crippen molar-refractivity contribution < 1.29 is 31.5 Å². The van der Waals surface area contributed by atoms with Crippen LogP contribution in [-0.2, 0) is 4.79 Å². The number of benzene rings is 1. The van der Waals surface area contributed by atoms with Crippen LogP contribution in [0.15, 0.2) is 41.3 Å². The zero-order valence-electron chi connectivity index (χ0n) is 19.2. The van der Waals surface area contributed by atoms with Crippen molar-refractivity contribution in [1.82, 2.24) is 14.9 Å². The summed E-state index contributed by atoms with van der Waals surface area (Å²) in [4.78, 5) is 44.0. The number of halogens is 5. The Balaban J connectivity index is 1.92. The number of rotatable bonds is 5. The lowest BCUT2D eigenvalue weighted by Gasteiger charge is -2.21. The van der Waals surface area contributed by atoms with Gasteiger partial charge in [-0.1, -0.05) is 13.8 Å². The third-order valence-electron chi connectivity index (χ3n) is 5.95. The summed E-state index contributed by atoms with van der Waals surface area (Å²) in [5, 5.41) is 1.59. The predicted molar refractivity (Wildman–Crippen MR) is 121 cm³/mol. The van der Waals surface area contributed by atoms with E-state index in [1.807, 2.05) is 6.92 Å². The number of alkyl halides is 3. The van der Waals surface area contributed by atoms with Crippen LogP contribution >= 0.6 is 0 Å². The van der Waals surface area contributed by atoms with E-state index in [0.29, 0.717) is 12.6 Å². The first-order chi connectivity index (χ1) is 16.9. The fourth-order valence-electron chi connectivity index (χ4n) is 4.12. The summed E-state index contributed by atoms with van der Waals surface area (Å²) in [5.74, 6) is -3.24. The molecule has 4 rings (SSSR count). The SMILES string of the molecule is CCC(NC(=O)c1cn(-c2ccc(F)cc2F)c2nc(N3CC(C)CC3=O)ccc2c1=O)C(F)(F)F. The van der Waals surface area contributed by atoms with Gasteiger partial charge in [0.05, 0.1) is 11.1 Å². The van der Waals surface area contributed by atoms with Crippen LogP contribution in [0.3, 0.4) is 0 Å². The summed E-state index contributed by atoms with van der Waals surface area (Å²) in [6, 6.07) is 2.99. The highest BCUT2D eigenvalue weighted by atomic mass is 19.4. The van der Waals surface area contributed by atoms with Gasteiger partial charge >= 0.3 is 6.18 Å². The molecule has 190 valence electrons. The van der Waals surface area contributed by atoms with Crippen LogP contribution in [0.1, 0.15) is 37.0 Å². The summed E-state index contributed by atoms with van der Waals surface area (Å²) in [6.45, 7) is 3.46. The molecule has 0 radical (unpaired) electrons. The Morgan fingerprint density at radius 1 is 1.19 bits per heavy atom. The summed E-state index contributed by atoms with van der Waals surface area (Å²) in [6.07, 6.45) is -4.07. The molecule has 3 aromatic rings. The molecule has 2 amide bonds. The van der Waals surface area contributed by atoms with Crippen LogP contribution < -0.4 is 15.6 Å². The van der Waals surface area contributed by atoms with E-state index in [1.165, 1.54) is 24.0 Å². The Hall–Kier alpha value is -3.83. The van der Waals surface area contributed by atoms with Gasteiger partial charge in [0, 0.05) is 25.2 Å². The molecule has 2 aromatic heterocycles. The molecule has 0 bridgehead atoms. The zero-order valence-corrected chi connectivity index (χ0v) is 19.2. The van der Waals surface area contributed by atoms with Crippen LogP contribution in [-0.4, -0.2) is 40.1 Å². The van der Waals surface area contributed by atoms with Crippen molar-refractivity contribution in [3.05, 3.63) is 63.9 Å². The molecule has 2 unspecified atom stereocenters. The second-order valence-electron chi connectivity index (χ2n) is 8.67. The summed E-state index contributed by atoms with van der Waals surface area (Å²) in [7, 11) is 0. The minimum absolute atomic E-state index is 0.0537. The van der Waals surface area contributed by atoms with Gasteiger partial charge in [0.1, 0.15) is 29.1 Å². The van der Waals surface area contributed by atoms with E-state index in [-0.39, 0.29) is 40.8 Å². The van der Waals surface area contributed by atoms with Gasteiger partial charge < -0.3 is 5.32 Å². The van der Waals surface area contributed by atoms with E-state index in [0.717, 1.165) is 22.9 Å². The third-order valence-corrected chi connectivity index (χ3v) is 5.95. The van der Waals surface area contributed by atoms with Gasteiger partial charge in [-0.2, -0.15) is 13.2 Å². The van der Waals surface area contributed by atoms with Crippen LogP contribution in [0.2, 0.25) is 0 Å². The molecule has 0 aliphatic carbocycles. The minimum Gasteiger partial charge on any atom is -0.340 e. The van der Waals surface area contributed by atoms with Crippen molar-refractivity contribution in [3.63, 3.8) is 0 Å². The van der Waals surface area contributed by atoms with E-state index in [1.54, 1.807) is 5.32 Å². The molecule has 1 aliphatic heterocycles. The van der Waals surface area contributed by atoms with Gasteiger partial charge in [-0.15, -0.1) is 0 Å². The molecule has 1 saturated heterocycles. The molecular formula is C24H21F5N4O3. The highest BCUT2D eigenvalue weighted by Crippen LogP contribution is 2.27. The average Bonchev–Trinajstić information content (AvgIpc) is 3.14. The van der Waals surface area contributed by atoms with Crippen molar-refractivity contribution in [2.45, 2.75) is 38.9 Å². The topological polar surface area (TPSA) is 84.3 Å². The Morgan fingerprint density at radius 3 is 2.50 bits per heavy atom. The van der Waals surface area contributed by atoms with Crippen molar-refractivity contribution in [2.24, 2.45) is 5.92 Å². The third kappa shape index (κ3) is 4.67. The second-order valence-corrected chi connectivity index (χ2v) is 8.67. The highest BCUT2D eigenvalue weighted by Gasteiger charge is 2.40. The van der Waals surface area contributed by atoms with Crippen molar-refractivity contribution in [3.8, 4) is 5.69 Å². The monoisotopic (exact) mass is 508 g/mol. The number of carbonyl (C=O) groups is 2. The number of carbonyl (C=O) groups excluding carboxylic acids is 2. The smallest absolute Gasteiger partial charge is 0.340 e. The molecule has 0 saturated carbocycles. The number of aromatic nitrogens is 2. The average molecular weight is 508 g/mol. The number of hydrogen-bond donors (Lipinski definition) is 1. The van der Waals surface area contributed by atoms with Gasteiger partial charge in [0.15, 0.2) is 5.65 Å². The van der Waals surface area contributed by atoms with E-state index >= 15 is 0 Å². The Kier molecular flexibility index (Phi) is 6.54. The van der Waals surface area contributed by atoms with E-state index in [9.17, 15) is 36.3 Å². The molecule has 1 aromatic carbocycles. The molecule has 2 atom stereocenters. The first-order valence-electron chi connectivity index (χ1n) is 11.1. The van der Waals surface area contributed by atoms with E-state index in [4.69, 9.17) is 0 Å². The van der Waals surface area contributed by atoms with Gasteiger partial charge in [-0.3, -0.25) is 23.9 Å². The van der Waals surface area contributed by atoms with Gasteiger partial charge in [-0.05, 0) is 36.6 Å². The van der Waals surface area contributed by atoms with Crippen molar-refractivity contribution in [1.29, 1.82) is 0 Å². The minimum atomic E-state index is -4.75. The maximum absolute atomic E-state index is 14.8. The van der Waals surface area contributed by atoms with Gasteiger partial charge in [-0.25, -0.2) is 13.8 Å². The van der Waals surface area contributed by atoms with Crippen LogP contribution in [0, 0.1) is 17.6 Å². The van der Waals surface area contributed by atoms with E-state index in [2.05, 4.69) is 4.98 Å². The first-order valence-corrected chi connectivity index (χ1v) is 11.1. The molecule has 7 nitrogen and oxygen atoms in total. The number of hydrogen-bond acceptors (Lipinski definition) is 4. The maximum atomic E-state index is 14.8. The standard InChI is InChI=1S/C24H21F5N4O3/c1-3-18(24(27,28)29)30-23(36)15-11-32(17-6-4-13(25)9-16(17)26)22-14(21(15)35)5-7-19(31-22)33-10-12(2)8-20(33)34/h4-7,9,11-12,18H,3,8,10H2,1-2H3,(H,30,36). The molecule has 3 heterocycles. The molecule has 1 N–H and O–H groups in total. The largest absolute Gasteiger partial charge is 0.408 e. The van der Waals surface area contributed by atoms with Crippen molar-refractivity contribution in [2.75, 3.05) is 11.4 Å². The predicted octanol–water partition coefficient (Wildman–Crippen LogP) is 4.11. The molecule has 36 heavy (non-hydrogen) atoms. The lowest BCUT2D eigenvalue weighted by atomic mass is 10.1. The summed E-state index contributed by atoms with van der Waals surface area (Å²) < 4.78 is 68.9. The lowest BCUT2D eigenvalue weighted by Crippen LogP contribution is -2.46. The Labute approximate surface area is 201 Å². The number of nitrogens with zero attached hydrogens (tertiary/aromatic N) is 3. The first kappa shape index (κ1) is 25.3. The number of nitrogens with one attached hydrogen (secondary N) is 1. The second kappa shape index (κ2) is 9.32. The lowest BCUT2D eigenvalue weighted by molar-refractivity contribution is -0.153. The number of anilines is 1. The number of fused-ring (bicyclic) bond motifs is 1. The van der Waals surface area contributed by atoms with Crippen LogP contribution in [0.4, 0.5) is 27.8 Å². The Morgan fingerprint density at radius 2 is 1.92 bits per heavy atom. The molecule has 12 heteroatoms. The zero-order chi connectivity index (χ0) is 26.4. The normalized spacial score (nSPS) is 17.0. The summed E-state index contributed by atoms with van der Waals surface area (Å²) in [5.41, 5.74) is -2.08. The number of pyridine rings is 2. The maximum Gasteiger partial charge on any atom is 0.408 e. The van der Waals surface area contributed by atoms with Gasteiger partial charge in [0.2, 0.25) is 11.3 Å².